The van der Waals surface area contributed by atoms with Crippen molar-refractivity contribution in [2.45, 2.75) is 6.42 Å². The third-order valence-electron chi connectivity index (χ3n) is 2.68. The number of imide groups is 1. The maximum Gasteiger partial charge on any atom is 0.318 e. The molecule has 4 amide bonds. The van der Waals surface area contributed by atoms with Crippen LogP contribution >= 0.6 is 0 Å². The van der Waals surface area contributed by atoms with E-state index in [-0.39, 0.29) is 18.9 Å². The second-order valence-electron chi connectivity index (χ2n) is 4.38. The highest BCUT2D eigenvalue weighted by atomic mass is 16.5. The van der Waals surface area contributed by atoms with Gasteiger partial charge in [-0.25, -0.2) is 4.79 Å². The number of amides is 4. The zero-order valence-electron chi connectivity index (χ0n) is 12.8. The summed E-state index contributed by atoms with van der Waals surface area (Å²) in [6, 6.07) is 3.77. The van der Waals surface area contributed by atoms with Crippen molar-refractivity contribution in [3.05, 3.63) is 36.4 Å². The normalized spacial score (nSPS) is 9.61. The van der Waals surface area contributed by atoms with Gasteiger partial charge in [0.25, 0.3) is 5.91 Å². The average Bonchev–Trinajstić information content (AvgIpc) is 2.51. The van der Waals surface area contributed by atoms with Gasteiger partial charge in [-0.2, -0.15) is 0 Å². The number of primary amides is 1. The molecule has 0 radical (unpaired) electrons. The Morgan fingerprint density at radius 1 is 1.30 bits per heavy atom. The van der Waals surface area contributed by atoms with Crippen molar-refractivity contribution in [3.8, 4) is 11.5 Å². The van der Waals surface area contributed by atoms with E-state index in [1.54, 1.807) is 18.2 Å². The van der Waals surface area contributed by atoms with Crippen molar-refractivity contribution < 1.29 is 23.9 Å². The molecule has 0 unspecified atom stereocenters. The molecule has 0 spiro atoms. The van der Waals surface area contributed by atoms with E-state index in [9.17, 15) is 14.4 Å². The number of carbonyl (C=O) groups excluding carboxylic acids is 3. The molecule has 23 heavy (non-hydrogen) atoms. The topological polar surface area (TPSA) is 120 Å². The van der Waals surface area contributed by atoms with E-state index in [0.29, 0.717) is 23.7 Å². The standard InChI is InChI=1S/C15H19N3O5/c1-3-8-23-11-5-4-10(9-12(11)22-2)14(20)17-7-6-13(19)18-15(16)21/h3-5,9H,1,6-8H2,2H3,(H,17,20)(H3,16,18,19,21). The monoisotopic (exact) mass is 321 g/mol. The van der Waals surface area contributed by atoms with Gasteiger partial charge < -0.3 is 20.5 Å². The molecule has 0 heterocycles. The van der Waals surface area contributed by atoms with Crippen molar-refractivity contribution in [1.82, 2.24) is 10.6 Å². The number of carbonyl (C=O) groups is 3. The minimum atomic E-state index is -0.929. The van der Waals surface area contributed by atoms with Crippen LogP contribution in [0.5, 0.6) is 11.5 Å². The van der Waals surface area contributed by atoms with Gasteiger partial charge in [0.05, 0.1) is 7.11 Å². The Hall–Kier alpha value is -3.03. The van der Waals surface area contributed by atoms with Crippen molar-refractivity contribution in [1.29, 1.82) is 0 Å². The van der Waals surface area contributed by atoms with Gasteiger partial charge in [-0.15, -0.1) is 0 Å². The molecule has 0 aliphatic carbocycles. The zero-order valence-corrected chi connectivity index (χ0v) is 12.8. The molecule has 0 aliphatic rings. The highest BCUT2D eigenvalue weighted by Gasteiger charge is 2.11. The Balaban J connectivity index is 2.60. The number of methoxy groups -OCH3 is 1. The Morgan fingerprint density at radius 2 is 2.04 bits per heavy atom. The summed E-state index contributed by atoms with van der Waals surface area (Å²) in [5.74, 6) is -0.0512. The SMILES string of the molecule is C=CCOc1ccc(C(=O)NCCC(=O)NC(N)=O)cc1OC. The summed E-state index contributed by atoms with van der Waals surface area (Å²) < 4.78 is 10.6. The highest BCUT2D eigenvalue weighted by molar-refractivity contribution is 5.96. The summed E-state index contributed by atoms with van der Waals surface area (Å²) in [5.41, 5.74) is 5.16. The molecule has 0 atom stereocenters. The number of rotatable bonds is 8. The smallest absolute Gasteiger partial charge is 0.318 e. The molecule has 0 fully saturated rings. The van der Waals surface area contributed by atoms with Crippen molar-refractivity contribution in [2.75, 3.05) is 20.3 Å². The van der Waals surface area contributed by atoms with Crippen LogP contribution in [-0.2, 0) is 4.79 Å². The van der Waals surface area contributed by atoms with Gasteiger partial charge in [0, 0.05) is 18.5 Å². The first kappa shape index (κ1) is 18.0. The molecular formula is C15H19N3O5. The van der Waals surface area contributed by atoms with Gasteiger partial charge in [-0.1, -0.05) is 12.7 Å². The zero-order chi connectivity index (χ0) is 17.2. The molecule has 1 rings (SSSR count). The number of nitrogens with two attached hydrogens (primary N) is 1. The predicted molar refractivity (Wildman–Crippen MR) is 83.4 cm³/mol. The summed E-state index contributed by atoms with van der Waals surface area (Å²) in [6.45, 7) is 3.93. The predicted octanol–water partition coefficient (Wildman–Crippen LogP) is 0.575. The second-order valence-corrected chi connectivity index (χ2v) is 4.38. The molecule has 0 saturated heterocycles. The Labute approximate surface area is 133 Å². The Kier molecular flexibility index (Phi) is 7.12. The van der Waals surface area contributed by atoms with Crippen LogP contribution in [-0.4, -0.2) is 38.1 Å². The Morgan fingerprint density at radius 3 is 2.65 bits per heavy atom. The molecule has 1 aromatic carbocycles. The van der Waals surface area contributed by atoms with E-state index in [0.717, 1.165) is 0 Å². The van der Waals surface area contributed by atoms with E-state index >= 15 is 0 Å². The highest BCUT2D eigenvalue weighted by Crippen LogP contribution is 2.28. The lowest BCUT2D eigenvalue weighted by Gasteiger charge is -2.11. The van der Waals surface area contributed by atoms with Crippen molar-refractivity contribution in [3.63, 3.8) is 0 Å². The lowest BCUT2D eigenvalue weighted by atomic mass is 10.2. The lowest BCUT2D eigenvalue weighted by molar-refractivity contribution is -0.119. The van der Waals surface area contributed by atoms with Crippen LogP contribution in [0.1, 0.15) is 16.8 Å². The van der Waals surface area contributed by atoms with Crippen LogP contribution in [0.15, 0.2) is 30.9 Å². The summed E-state index contributed by atoms with van der Waals surface area (Å²) in [5, 5.41) is 4.46. The molecule has 4 N–H and O–H groups in total. The van der Waals surface area contributed by atoms with E-state index in [1.165, 1.54) is 13.2 Å². The van der Waals surface area contributed by atoms with E-state index in [1.807, 2.05) is 5.32 Å². The number of hydrogen-bond donors (Lipinski definition) is 3. The minimum absolute atomic E-state index is 0.0632. The fraction of sp³-hybridized carbons (Fsp3) is 0.267. The maximum absolute atomic E-state index is 12.0. The van der Waals surface area contributed by atoms with E-state index in [2.05, 4.69) is 11.9 Å². The number of urea groups is 1. The quantitative estimate of drug-likeness (QED) is 0.605. The molecule has 1 aromatic rings. The van der Waals surface area contributed by atoms with Crippen LogP contribution in [0.3, 0.4) is 0 Å². The van der Waals surface area contributed by atoms with Gasteiger partial charge in [0.2, 0.25) is 5.91 Å². The number of nitrogens with one attached hydrogen (secondary N) is 2. The molecule has 0 aromatic heterocycles. The van der Waals surface area contributed by atoms with Crippen molar-refractivity contribution >= 4 is 17.8 Å². The molecule has 0 bridgehead atoms. The average molecular weight is 321 g/mol. The van der Waals surface area contributed by atoms with Crippen LogP contribution in [0, 0.1) is 0 Å². The Bertz CT molecular complexity index is 601. The van der Waals surface area contributed by atoms with Crippen LogP contribution in [0.25, 0.3) is 0 Å². The number of benzene rings is 1. The van der Waals surface area contributed by atoms with Gasteiger partial charge in [-0.3, -0.25) is 14.9 Å². The van der Waals surface area contributed by atoms with E-state index < -0.39 is 11.9 Å². The third-order valence-corrected chi connectivity index (χ3v) is 2.68. The molecular weight excluding hydrogens is 302 g/mol. The van der Waals surface area contributed by atoms with Gasteiger partial charge in [0.1, 0.15) is 6.61 Å². The molecule has 8 heteroatoms. The lowest BCUT2D eigenvalue weighted by Crippen LogP contribution is -2.37. The fourth-order valence-electron chi connectivity index (χ4n) is 1.67. The molecule has 124 valence electrons. The van der Waals surface area contributed by atoms with Gasteiger partial charge in [0.15, 0.2) is 11.5 Å². The summed E-state index contributed by atoms with van der Waals surface area (Å²) >= 11 is 0. The first-order valence-corrected chi connectivity index (χ1v) is 6.77. The number of ether oxygens (including phenoxy) is 2. The maximum atomic E-state index is 12.0. The molecule has 8 nitrogen and oxygen atoms in total. The summed E-state index contributed by atoms with van der Waals surface area (Å²) in [4.78, 5) is 33.7. The fourth-order valence-corrected chi connectivity index (χ4v) is 1.67. The first-order chi connectivity index (χ1) is 11.0. The summed E-state index contributed by atoms with van der Waals surface area (Å²) in [7, 11) is 1.46. The second kappa shape index (κ2) is 9.08. The molecule has 0 aliphatic heterocycles. The third kappa shape index (κ3) is 6.08. The van der Waals surface area contributed by atoms with Crippen molar-refractivity contribution in [2.24, 2.45) is 5.73 Å². The van der Waals surface area contributed by atoms with Gasteiger partial charge in [-0.05, 0) is 18.2 Å². The molecule has 0 saturated carbocycles. The largest absolute Gasteiger partial charge is 0.493 e. The van der Waals surface area contributed by atoms with Crippen LogP contribution in [0.2, 0.25) is 0 Å². The van der Waals surface area contributed by atoms with E-state index in [4.69, 9.17) is 15.2 Å². The first-order valence-electron chi connectivity index (χ1n) is 6.77. The number of hydrogen-bond acceptors (Lipinski definition) is 5. The van der Waals surface area contributed by atoms with Crippen LogP contribution in [0.4, 0.5) is 4.79 Å². The van der Waals surface area contributed by atoms with Crippen LogP contribution < -0.4 is 25.8 Å². The van der Waals surface area contributed by atoms with Gasteiger partial charge >= 0.3 is 6.03 Å². The summed E-state index contributed by atoms with van der Waals surface area (Å²) in [6.07, 6.45) is 1.53. The minimum Gasteiger partial charge on any atom is -0.493 e.